The van der Waals surface area contributed by atoms with Gasteiger partial charge >= 0.3 is 0 Å². The summed E-state index contributed by atoms with van der Waals surface area (Å²) in [6.07, 6.45) is 0. The molecule has 0 unspecified atom stereocenters. The Hall–Kier alpha value is -1.19. The number of ether oxygens (including phenoxy) is 1. The molecule has 0 atom stereocenters. The minimum atomic E-state index is 0.504. The molecule has 0 aromatic heterocycles. The first-order valence-electron chi connectivity index (χ1n) is 5.05. The van der Waals surface area contributed by atoms with Crippen molar-refractivity contribution in [3.05, 3.63) is 51.5 Å². The Morgan fingerprint density at radius 3 is 2.59 bits per heavy atom. The van der Waals surface area contributed by atoms with Crippen LogP contribution in [0.4, 0.5) is 5.69 Å². The molecular weight excluding hydrogens is 302 g/mol. The molecule has 0 heterocycles. The Morgan fingerprint density at radius 1 is 1.12 bits per heavy atom. The number of benzene rings is 2. The van der Waals surface area contributed by atoms with Gasteiger partial charge in [0.25, 0.3) is 0 Å². The molecule has 2 nitrogen and oxygen atoms in total. The van der Waals surface area contributed by atoms with Crippen LogP contribution in [0.3, 0.4) is 0 Å². The predicted octanol–water partition coefficient (Wildman–Crippen LogP) is 4.79. The van der Waals surface area contributed by atoms with Crippen LogP contribution in [-0.4, -0.2) is 0 Å². The van der Waals surface area contributed by atoms with E-state index in [4.69, 9.17) is 22.1 Å². The zero-order valence-electron chi connectivity index (χ0n) is 9.21. The zero-order chi connectivity index (χ0) is 12.4. The van der Waals surface area contributed by atoms with E-state index in [2.05, 4.69) is 15.9 Å². The van der Waals surface area contributed by atoms with Gasteiger partial charge in [0, 0.05) is 10.2 Å². The van der Waals surface area contributed by atoms with E-state index >= 15 is 0 Å². The zero-order valence-corrected chi connectivity index (χ0v) is 11.5. The summed E-state index contributed by atoms with van der Waals surface area (Å²) in [5.74, 6) is 1.37. The smallest absolute Gasteiger partial charge is 0.146 e. The molecule has 2 aromatic rings. The van der Waals surface area contributed by atoms with Gasteiger partial charge in [-0.2, -0.15) is 0 Å². The van der Waals surface area contributed by atoms with E-state index in [0.29, 0.717) is 16.5 Å². The molecule has 0 fully saturated rings. The van der Waals surface area contributed by atoms with Crippen LogP contribution in [0.2, 0.25) is 5.02 Å². The first kappa shape index (κ1) is 12.3. The molecule has 2 rings (SSSR count). The van der Waals surface area contributed by atoms with Crippen LogP contribution in [0.15, 0.2) is 40.9 Å². The predicted molar refractivity (Wildman–Crippen MR) is 74.8 cm³/mol. The van der Waals surface area contributed by atoms with Crippen LogP contribution >= 0.6 is 27.5 Å². The van der Waals surface area contributed by atoms with E-state index in [1.165, 1.54) is 0 Å². The Morgan fingerprint density at radius 2 is 1.88 bits per heavy atom. The Balaban J connectivity index is 2.34. The van der Waals surface area contributed by atoms with Gasteiger partial charge in [-0.05, 0) is 42.8 Å². The molecule has 4 heteroatoms. The molecule has 17 heavy (non-hydrogen) atoms. The van der Waals surface area contributed by atoms with Crippen LogP contribution in [0, 0.1) is 6.92 Å². The van der Waals surface area contributed by atoms with Crippen molar-refractivity contribution in [2.24, 2.45) is 0 Å². The first-order chi connectivity index (χ1) is 8.06. The quantitative estimate of drug-likeness (QED) is 0.810. The molecule has 2 aromatic carbocycles. The number of nitrogens with two attached hydrogens (primary N) is 1. The second kappa shape index (κ2) is 4.98. The molecule has 0 aliphatic rings. The third-order valence-electron chi connectivity index (χ3n) is 2.33. The van der Waals surface area contributed by atoms with Crippen molar-refractivity contribution in [2.45, 2.75) is 6.92 Å². The normalized spacial score (nSPS) is 10.3. The van der Waals surface area contributed by atoms with Gasteiger partial charge in [-0.3, -0.25) is 0 Å². The minimum absolute atomic E-state index is 0.504. The number of halogens is 2. The van der Waals surface area contributed by atoms with Crippen molar-refractivity contribution in [2.75, 3.05) is 5.73 Å². The minimum Gasteiger partial charge on any atom is -0.455 e. The topological polar surface area (TPSA) is 35.2 Å². The summed E-state index contributed by atoms with van der Waals surface area (Å²) in [4.78, 5) is 0. The molecule has 0 saturated heterocycles. The first-order valence-corrected chi connectivity index (χ1v) is 6.22. The maximum absolute atomic E-state index is 6.05. The highest BCUT2D eigenvalue weighted by Gasteiger charge is 2.06. The molecule has 88 valence electrons. The summed E-state index contributed by atoms with van der Waals surface area (Å²) in [5.41, 5.74) is 7.29. The molecule has 0 amide bonds. The van der Waals surface area contributed by atoms with Crippen LogP contribution < -0.4 is 10.5 Å². The average molecular weight is 313 g/mol. The van der Waals surface area contributed by atoms with Gasteiger partial charge in [-0.1, -0.05) is 33.6 Å². The number of hydrogen-bond donors (Lipinski definition) is 1. The lowest BCUT2D eigenvalue weighted by atomic mass is 10.2. The highest BCUT2D eigenvalue weighted by atomic mass is 79.9. The summed E-state index contributed by atoms with van der Waals surface area (Å²) >= 11 is 9.46. The Bertz CT molecular complexity index is 557. The highest BCUT2D eigenvalue weighted by Crippen LogP contribution is 2.33. The fourth-order valence-electron chi connectivity index (χ4n) is 1.40. The fourth-order valence-corrected chi connectivity index (χ4v) is 1.97. The van der Waals surface area contributed by atoms with Crippen molar-refractivity contribution in [1.29, 1.82) is 0 Å². The van der Waals surface area contributed by atoms with Gasteiger partial charge in [0.05, 0.1) is 5.02 Å². The van der Waals surface area contributed by atoms with Crippen LogP contribution in [-0.2, 0) is 0 Å². The number of rotatable bonds is 2. The number of nitrogen functional groups attached to an aromatic ring is 1. The Kier molecular flexibility index (Phi) is 3.60. The molecule has 0 aliphatic carbocycles. The van der Waals surface area contributed by atoms with Crippen LogP contribution in [0.1, 0.15) is 5.56 Å². The van der Waals surface area contributed by atoms with Crippen molar-refractivity contribution in [3.8, 4) is 11.5 Å². The van der Waals surface area contributed by atoms with E-state index in [9.17, 15) is 0 Å². The molecular formula is C13H11BrClNO. The van der Waals surface area contributed by atoms with Crippen molar-refractivity contribution in [1.82, 2.24) is 0 Å². The number of hydrogen-bond acceptors (Lipinski definition) is 2. The summed E-state index contributed by atoms with van der Waals surface area (Å²) < 4.78 is 6.72. The van der Waals surface area contributed by atoms with E-state index in [-0.39, 0.29) is 0 Å². The number of aryl methyl sites for hydroxylation is 1. The lowest BCUT2D eigenvalue weighted by Gasteiger charge is -2.10. The lowest BCUT2D eigenvalue weighted by molar-refractivity contribution is 0.479. The SMILES string of the molecule is Cc1ccc(Br)cc1Oc1ccc(N)cc1Cl. The number of anilines is 1. The second-order valence-corrected chi connectivity index (χ2v) is 5.02. The summed E-state index contributed by atoms with van der Waals surface area (Å²) in [7, 11) is 0. The van der Waals surface area contributed by atoms with Crippen LogP contribution in [0.5, 0.6) is 11.5 Å². The molecule has 0 radical (unpaired) electrons. The maximum Gasteiger partial charge on any atom is 0.146 e. The monoisotopic (exact) mass is 311 g/mol. The fraction of sp³-hybridized carbons (Fsp3) is 0.0769. The van der Waals surface area contributed by atoms with Gasteiger partial charge in [-0.25, -0.2) is 0 Å². The molecule has 2 N–H and O–H groups in total. The average Bonchev–Trinajstić information content (AvgIpc) is 2.27. The maximum atomic E-state index is 6.05. The standard InChI is InChI=1S/C13H11BrClNO/c1-8-2-3-9(14)6-13(8)17-12-5-4-10(16)7-11(12)15/h2-7H,16H2,1H3. The van der Waals surface area contributed by atoms with Crippen LogP contribution in [0.25, 0.3) is 0 Å². The van der Waals surface area contributed by atoms with E-state index in [1.54, 1.807) is 18.2 Å². The largest absolute Gasteiger partial charge is 0.455 e. The Labute approximate surface area is 113 Å². The third-order valence-corrected chi connectivity index (χ3v) is 3.11. The van der Waals surface area contributed by atoms with Gasteiger partial charge in [-0.15, -0.1) is 0 Å². The van der Waals surface area contributed by atoms with Gasteiger partial charge < -0.3 is 10.5 Å². The summed E-state index contributed by atoms with van der Waals surface area (Å²) in [6, 6.07) is 11.0. The molecule has 0 aliphatic heterocycles. The second-order valence-electron chi connectivity index (χ2n) is 3.70. The van der Waals surface area contributed by atoms with Gasteiger partial charge in [0.15, 0.2) is 0 Å². The third kappa shape index (κ3) is 2.93. The molecule has 0 bridgehead atoms. The van der Waals surface area contributed by atoms with Crippen molar-refractivity contribution >= 4 is 33.2 Å². The van der Waals surface area contributed by atoms with Crippen molar-refractivity contribution < 1.29 is 4.74 Å². The molecule has 0 spiro atoms. The van der Waals surface area contributed by atoms with Gasteiger partial charge in [0.2, 0.25) is 0 Å². The summed E-state index contributed by atoms with van der Waals surface area (Å²) in [5, 5.41) is 0.504. The summed E-state index contributed by atoms with van der Waals surface area (Å²) in [6.45, 7) is 1.98. The van der Waals surface area contributed by atoms with E-state index in [1.807, 2.05) is 25.1 Å². The highest BCUT2D eigenvalue weighted by molar-refractivity contribution is 9.10. The van der Waals surface area contributed by atoms with E-state index in [0.717, 1.165) is 15.8 Å². The van der Waals surface area contributed by atoms with Crippen molar-refractivity contribution in [3.63, 3.8) is 0 Å². The lowest BCUT2D eigenvalue weighted by Crippen LogP contribution is -1.90. The van der Waals surface area contributed by atoms with Gasteiger partial charge in [0.1, 0.15) is 11.5 Å². The van der Waals surface area contributed by atoms with E-state index < -0.39 is 0 Å². The molecule has 0 saturated carbocycles.